The first-order chi connectivity index (χ1) is 17.2. The molecule has 0 saturated carbocycles. The van der Waals surface area contributed by atoms with Gasteiger partial charge in [-0.25, -0.2) is 0 Å². The molecule has 1 amide bonds. The lowest BCUT2D eigenvalue weighted by Gasteiger charge is -2.43. The molecule has 0 bridgehead atoms. The molecule has 1 aromatic heterocycles. The number of carbonyl (C=O) groups is 1. The van der Waals surface area contributed by atoms with Gasteiger partial charge in [0.2, 0.25) is 5.91 Å². The van der Waals surface area contributed by atoms with Gasteiger partial charge in [-0.3, -0.25) is 14.4 Å². The monoisotopic (exact) mass is 508 g/mol. The van der Waals surface area contributed by atoms with Crippen LogP contribution in [0.4, 0.5) is 0 Å². The zero-order chi connectivity index (χ0) is 25.7. The minimum absolute atomic E-state index is 0.147. The van der Waals surface area contributed by atoms with Crippen molar-refractivity contribution >= 4 is 17.5 Å². The first kappa shape index (κ1) is 26.2. The van der Waals surface area contributed by atoms with Gasteiger partial charge in [0.05, 0.1) is 18.5 Å². The maximum Gasteiger partial charge on any atom is 0.223 e. The van der Waals surface area contributed by atoms with Crippen molar-refractivity contribution in [3.05, 3.63) is 82.1 Å². The summed E-state index contributed by atoms with van der Waals surface area (Å²) in [5.74, 6) is 0.939. The molecular weight excluding hydrogens is 472 g/mol. The molecule has 1 fully saturated rings. The SMILES string of the molecule is Cc1cc(OC[C@]2(CC(=O)N(C)Cc3ccccc3)CCCN(Cc3c(C)cnn3C)C2)ccc1Cl. The van der Waals surface area contributed by atoms with E-state index in [0.29, 0.717) is 19.6 Å². The second-order valence-electron chi connectivity index (χ2n) is 10.3. The average Bonchev–Trinajstić information content (AvgIpc) is 3.17. The van der Waals surface area contributed by atoms with Crippen LogP contribution in [-0.4, -0.2) is 52.2 Å². The van der Waals surface area contributed by atoms with Gasteiger partial charge in [0.1, 0.15) is 5.75 Å². The number of halogens is 1. The lowest BCUT2D eigenvalue weighted by atomic mass is 9.77. The van der Waals surface area contributed by atoms with E-state index in [2.05, 4.69) is 29.1 Å². The highest BCUT2D eigenvalue weighted by Crippen LogP contribution is 2.36. The molecule has 4 rings (SSSR count). The van der Waals surface area contributed by atoms with Crippen LogP contribution in [-0.2, 0) is 24.9 Å². The van der Waals surface area contributed by atoms with Gasteiger partial charge in [0.15, 0.2) is 0 Å². The van der Waals surface area contributed by atoms with Gasteiger partial charge in [-0.2, -0.15) is 5.10 Å². The van der Waals surface area contributed by atoms with Gasteiger partial charge in [0.25, 0.3) is 0 Å². The Hall–Kier alpha value is -2.83. The summed E-state index contributed by atoms with van der Waals surface area (Å²) in [4.78, 5) is 17.8. The molecule has 1 aliphatic heterocycles. The van der Waals surface area contributed by atoms with Crippen LogP contribution in [0.3, 0.4) is 0 Å². The highest BCUT2D eigenvalue weighted by atomic mass is 35.5. The second kappa shape index (κ2) is 11.5. The molecule has 0 radical (unpaired) electrons. The molecule has 1 aliphatic rings. The van der Waals surface area contributed by atoms with Crippen LogP contribution in [0, 0.1) is 19.3 Å². The number of aryl methyl sites for hydroxylation is 3. The number of piperidine rings is 1. The standard InChI is InChI=1S/C29H37ClN4O2/c1-22-15-25(11-12-26(22)30)36-21-29(16-28(35)32(3)18-24-9-6-5-7-10-24)13-8-14-34(20-29)19-27-23(2)17-31-33(27)4/h5-7,9-12,15,17H,8,13-14,16,18-21H2,1-4H3/t29-/m0/s1. The summed E-state index contributed by atoms with van der Waals surface area (Å²) < 4.78 is 8.30. The van der Waals surface area contributed by atoms with Crippen LogP contribution < -0.4 is 4.74 Å². The van der Waals surface area contributed by atoms with Crippen molar-refractivity contribution in [2.75, 3.05) is 26.7 Å². The van der Waals surface area contributed by atoms with E-state index in [1.165, 1.54) is 11.3 Å². The number of carbonyl (C=O) groups excluding carboxylic acids is 1. The Morgan fingerprint density at radius 1 is 1.17 bits per heavy atom. The maximum absolute atomic E-state index is 13.5. The molecule has 36 heavy (non-hydrogen) atoms. The zero-order valence-corrected chi connectivity index (χ0v) is 22.6. The Kier molecular flexibility index (Phi) is 8.37. The number of amides is 1. The van der Waals surface area contributed by atoms with E-state index < -0.39 is 0 Å². The average molecular weight is 509 g/mol. The van der Waals surface area contributed by atoms with Gasteiger partial charge >= 0.3 is 0 Å². The summed E-state index contributed by atoms with van der Waals surface area (Å²) in [6, 6.07) is 15.9. The van der Waals surface area contributed by atoms with E-state index in [4.69, 9.17) is 16.3 Å². The van der Waals surface area contributed by atoms with Crippen molar-refractivity contribution in [2.24, 2.45) is 12.5 Å². The predicted octanol–water partition coefficient (Wildman–Crippen LogP) is 5.40. The van der Waals surface area contributed by atoms with E-state index in [1.807, 2.05) is 73.2 Å². The highest BCUT2D eigenvalue weighted by molar-refractivity contribution is 6.31. The quantitative estimate of drug-likeness (QED) is 0.388. The minimum Gasteiger partial charge on any atom is -0.493 e. The molecule has 0 aliphatic carbocycles. The Morgan fingerprint density at radius 3 is 2.64 bits per heavy atom. The summed E-state index contributed by atoms with van der Waals surface area (Å²) in [5, 5.41) is 5.14. The molecule has 0 spiro atoms. The Bertz CT molecular complexity index is 1160. The number of hydrogen-bond donors (Lipinski definition) is 0. The van der Waals surface area contributed by atoms with Crippen LogP contribution >= 0.6 is 11.6 Å². The Balaban J connectivity index is 1.51. The Morgan fingerprint density at radius 2 is 1.94 bits per heavy atom. The van der Waals surface area contributed by atoms with E-state index >= 15 is 0 Å². The van der Waals surface area contributed by atoms with Gasteiger partial charge in [-0.1, -0.05) is 41.9 Å². The van der Waals surface area contributed by atoms with Gasteiger partial charge in [0, 0.05) is 50.6 Å². The number of aromatic nitrogens is 2. The first-order valence-electron chi connectivity index (χ1n) is 12.6. The number of ether oxygens (including phenoxy) is 1. The number of benzene rings is 2. The van der Waals surface area contributed by atoms with Gasteiger partial charge < -0.3 is 9.64 Å². The molecule has 3 aromatic rings. The van der Waals surface area contributed by atoms with Crippen LogP contribution in [0.5, 0.6) is 5.75 Å². The van der Waals surface area contributed by atoms with Crippen molar-refractivity contribution in [1.82, 2.24) is 19.6 Å². The van der Waals surface area contributed by atoms with Crippen molar-refractivity contribution in [1.29, 1.82) is 0 Å². The van der Waals surface area contributed by atoms with E-state index in [1.54, 1.807) is 0 Å². The van der Waals surface area contributed by atoms with Gasteiger partial charge in [-0.05, 0) is 68.1 Å². The number of hydrogen-bond acceptors (Lipinski definition) is 4. The topological polar surface area (TPSA) is 50.6 Å². The van der Waals surface area contributed by atoms with Crippen LogP contribution in [0.1, 0.15) is 41.6 Å². The fraction of sp³-hybridized carbons (Fsp3) is 0.448. The number of rotatable bonds is 9. The summed E-state index contributed by atoms with van der Waals surface area (Å²) in [7, 11) is 3.89. The summed E-state index contributed by atoms with van der Waals surface area (Å²) in [6.07, 6.45) is 4.34. The third kappa shape index (κ3) is 6.48. The molecule has 1 atom stereocenters. The smallest absolute Gasteiger partial charge is 0.223 e. The predicted molar refractivity (Wildman–Crippen MR) is 144 cm³/mol. The van der Waals surface area contributed by atoms with E-state index in [0.717, 1.165) is 54.4 Å². The molecule has 192 valence electrons. The van der Waals surface area contributed by atoms with Crippen molar-refractivity contribution in [3.8, 4) is 5.75 Å². The summed E-state index contributed by atoms with van der Waals surface area (Å²) in [5.41, 5.74) is 4.25. The van der Waals surface area contributed by atoms with Crippen LogP contribution in [0.15, 0.2) is 54.7 Å². The molecule has 1 saturated heterocycles. The molecule has 2 heterocycles. The fourth-order valence-corrected chi connectivity index (χ4v) is 5.23. The lowest BCUT2D eigenvalue weighted by molar-refractivity contribution is -0.135. The molecule has 2 aromatic carbocycles. The third-order valence-electron chi connectivity index (χ3n) is 7.27. The maximum atomic E-state index is 13.5. The fourth-order valence-electron chi connectivity index (χ4n) is 5.11. The Labute approximate surface area is 219 Å². The normalized spacial score (nSPS) is 18.2. The van der Waals surface area contributed by atoms with Crippen molar-refractivity contribution in [3.63, 3.8) is 0 Å². The lowest BCUT2D eigenvalue weighted by Crippen LogP contribution is -2.48. The third-order valence-corrected chi connectivity index (χ3v) is 7.70. The molecule has 7 heteroatoms. The zero-order valence-electron chi connectivity index (χ0n) is 21.8. The number of likely N-dealkylation sites (tertiary alicyclic amines) is 1. The summed E-state index contributed by atoms with van der Waals surface area (Å²) in [6.45, 7) is 7.79. The first-order valence-corrected chi connectivity index (χ1v) is 13.0. The molecular formula is C29H37ClN4O2. The largest absolute Gasteiger partial charge is 0.493 e. The molecule has 0 N–H and O–H groups in total. The number of nitrogens with zero attached hydrogens (tertiary/aromatic N) is 4. The van der Waals surface area contributed by atoms with Crippen LogP contribution in [0.2, 0.25) is 5.02 Å². The second-order valence-corrected chi connectivity index (χ2v) is 10.7. The van der Waals surface area contributed by atoms with Crippen molar-refractivity contribution < 1.29 is 9.53 Å². The van der Waals surface area contributed by atoms with E-state index in [-0.39, 0.29) is 11.3 Å². The highest BCUT2D eigenvalue weighted by Gasteiger charge is 2.39. The minimum atomic E-state index is -0.277. The van der Waals surface area contributed by atoms with Gasteiger partial charge in [-0.15, -0.1) is 0 Å². The molecule has 6 nitrogen and oxygen atoms in total. The van der Waals surface area contributed by atoms with E-state index in [9.17, 15) is 4.79 Å². The van der Waals surface area contributed by atoms with Crippen molar-refractivity contribution in [2.45, 2.75) is 46.2 Å². The molecule has 0 unspecified atom stereocenters. The summed E-state index contributed by atoms with van der Waals surface area (Å²) >= 11 is 6.22. The van der Waals surface area contributed by atoms with Crippen LogP contribution in [0.25, 0.3) is 0 Å².